The van der Waals surface area contributed by atoms with Gasteiger partial charge < -0.3 is 20.7 Å². The summed E-state index contributed by atoms with van der Waals surface area (Å²) in [4.78, 5) is 15.9. The fraction of sp³-hybridized carbons (Fsp3) is 0.579. The number of amides is 1. The molecule has 0 unspecified atom stereocenters. The number of benzene rings is 1. The van der Waals surface area contributed by atoms with E-state index in [-0.39, 0.29) is 42.0 Å². The Labute approximate surface area is 174 Å². The van der Waals surface area contributed by atoms with Crippen LogP contribution in [-0.4, -0.2) is 44.1 Å². The molecule has 6 nitrogen and oxygen atoms in total. The molecule has 0 radical (unpaired) electrons. The Morgan fingerprint density at radius 1 is 1.19 bits per heavy atom. The van der Waals surface area contributed by atoms with Crippen LogP contribution in [0.2, 0.25) is 0 Å². The fourth-order valence-electron chi connectivity index (χ4n) is 2.27. The van der Waals surface area contributed by atoms with E-state index in [1.165, 1.54) is 5.56 Å². The lowest BCUT2D eigenvalue weighted by Crippen LogP contribution is -2.48. The normalized spacial score (nSPS) is 11.6. The Hall–Kier alpha value is -1.51. The Morgan fingerprint density at radius 3 is 2.42 bits per heavy atom. The van der Waals surface area contributed by atoms with Gasteiger partial charge in [-0.25, -0.2) is 0 Å². The van der Waals surface area contributed by atoms with E-state index in [1.807, 2.05) is 39.0 Å². The van der Waals surface area contributed by atoms with Crippen LogP contribution in [0, 0.1) is 0 Å². The Bertz CT molecular complexity index is 583. The molecule has 7 heteroatoms. The van der Waals surface area contributed by atoms with Crippen molar-refractivity contribution in [3.05, 3.63) is 29.8 Å². The zero-order valence-corrected chi connectivity index (χ0v) is 19.0. The highest BCUT2D eigenvalue weighted by Gasteiger charge is 2.13. The Morgan fingerprint density at radius 2 is 1.85 bits per heavy atom. The van der Waals surface area contributed by atoms with Crippen LogP contribution in [0.5, 0.6) is 5.75 Å². The van der Waals surface area contributed by atoms with E-state index < -0.39 is 0 Å². The zero-order valence-electron chi connectivity index (χ0n) is 16.7. The highest BCUT2D eigenvalue weighted by molar-refractivity contribution is 14.0. The molecule has 1 aromatic carbocycles. The number of rotatable bonds is 7. The van der Waals surface area contributed by atoms with Gasteiger partial charge in [-0.15, -0.1) is 24.0 Å². The van der Waals surface area contributed by atoms with Crippen LogP contribution in [0.15, 0.2) is 29.3 Å². The van der Waals surface area contributed by atoms with Crippen LogP contribution in [0.25, 0.3) is 0 Å². The molecule has 0 heterocycles. The van der Waals surface area contributed by atoms with Gasteiger partial charge in [0.1, 0.15) is 12.4 Å². The number of ether oxygens (including phenoxy) is 1. The molecule has 1 aromatic rings. The number of guanidine groups is 1. The zero-order chi connectivity index (χ0) is 18.9. The minimum Gasteiger partial charge on any atom is -0.491 e. The first-order chi connectivity index (χ1) is 11.7. The van der Waals surface area contributed by atoms with Crippen LogP contribution in [0.1, 0.15) is 46.1 Å². The van der Waals surface area contributed by atoms with Crippen LogP contribution in [0.3, 0.4) is 0 Å². The molecule has 0 aliphatic rings. The number of nitrogens with zero attached hydrogens (tertiary/aromatic N) is 1. The van der Waals surface area contributed by atoms with Crippen molar-refractivity contribution in [3.63, 3.8) is 0 Å². The third kappa shape index (κ3) is 9.84. The second kappa shape index (κ2) is 12.0. The first kappa shape index (κ1) is 24.5. The van der Waals surface area contributed by atoms with E-state index in [1.54, 1.807) is 7.05 Å². The van der Waals surface area contributed by atoms with E-state index in [9.17, 15) is 4.79 Å². The standard InChI is InChI=1S/C19H32N4O2.HI/c1-14(2)15-9-7-8-10-16(15)25-12-11-21-18(20-6)22-13-17(24)23-19(3,4)5;/h7-10,14H,11-13H2,1-6H3,(H,23,24)(H2,20,21,22);1H. The number of para-hydroxylation sites is 1. The summed E-state index contributed by atoms with van der Waals surface area (Å²) in [7, 11) is 1.67. The highest BCUT2D eigenvalue weighted by Crippen LogP contribution is 2.25. The molecule has 0 aliphatic heterocycles. The first-order valence-corrected chi connectivity index (χ1v) is 8.70. The van der Waals surface area contributed by atoms with E-state index in [2.05, 4.69) is 40.9 Å². The molecule has 0 atom stereocenters. The number of halogens is 1. The van der Waals surface area contributed by atoms with Crippen LogP contribution >= 0.6 is 24.0 Å². The van der Waals surface area contributed by atoms with Crippen LogP contribution < -0.4 is 20.7 Å². The van der Waals surface area contributed by atoms with Crippen molar-refractivity contribution < 1.29 is 9.53 Å². The van der Waals surface area contributed by atoms with Gasteiger partial charge in [0.15, 0.2) is 5.96 Å². The lowest BCUT2D eigenvalue weighted by molar-refractivity contribution is -0.121. The topological polar surface area (TPSA) is 74.8 Å². The maximum absolute atomic E-state index is 11.8. The largest absolute Gasteiger partial charge is 0.491 e. The van der Waals surface area contributed by atoms with Gasteiger partial charge in [0.2, 0.25) is 5.91 Å². The summed E-state index contributed by atoms with van der Waals surface area (Å²) in [6, 6.07) is 8.07. The monoisotopic (exact) mass is 476 g/mol. The second-order valence-electron chi connectivity index (χ2n) is 7.19. The van der Waals surface area contributed by atoms with Gasteiger partial charge in [-0.1, -0.05) is 32.0 Å². The van der Waals surface area contributed by atoms with Crippen molar-refractivity contribution in [1.82, 2.24) is 16.0 Å². The lowest BCUT2D eigenvalue weighted by atomic mass is 10.0. The van der Waals surface area contributed by atoms with Crippen molar-refractivity contribution in [1.29, 1.82) is 0 Å². The van der Waals surface area contributed by atoms with Gasteiger partial charge in [-0.05, 0) is 38.3 Å². The average molecular weight is 476 g/mol. The van der Waals surface area contributed by atoms with Crippen molar-refractivity contribution in [3.8, 4) is 5.75 Å². The summed E-state index contributed by atoms with van der Waals surface area (Å²) in [5.74, 6) is 1.83. The number of aliphatic imine (C=N–C) groups is 1. The van der Waals surface area contributed by atoms with Gasteiger partial charge in [0.25, 0.3) is 0 Å². The van der Waals surface area contributed by atoms with E-state index in [0.29, 0.717) is 25.0 Å². The van der Waals surface area contributed by atoms with Gasteiger partial charge in [-0.2, -0.15) is 0 Å². The molecular weight excluding hydrogens is 443 g/mol. The van der Waals surface area contributed by atoms with E-state index in [0.717, 1.165) is 5.75 Å². The maximum Gasteiger partial charge on any atom is 0.239 e. The van der Waals surface area contributed by atoms with Gasteiger partial charge >= 0.3 is 0 Å². The third-order valence-corrected chi connectivity index (χ3v) is 3.35. The molecule has 148 valence electrons. The Balaban J connectivity index is 0.00000625. The Kier molecular flexibility index (Phi) is 11.3. The van der Waals surface area contributed by atoms with Crippen LogP contribution in [-0.2, 0) is 4.79 Å². The van der Waals surface area contributed by atoms with Gasteiger partial charge in [0.05, 0.1) is 13.1 Å². The van der Waals surface area contributed by atoms with Crippen molar-refractivity contribution in [2.45, 2.75) is 46.1 Å². The minimum atomic E-state index is -0.243. The van der Waals surface area contributed by atoms with Crippen LogP contribution in [0.4, 0.5) is 0 Å². The number of carbonyl (C=O) groups excluding carboxylic acids is 1. The lowest BCUT2D eigenvalue weighted by Gasteiger charge is -2.21. The van der Waals surface area contributed by atoms with E-state index >= 15 is 0 Å². The quantitative estimate of drug-likeness (QED) is 0.245. The van der Waals surface area contributed by atoms with Crippen molar-refractivity contribution >= 4 is 35.8 Å². The predicted molar refractivity (Wildman–Crippen MR) is 119 cm³/mol. The number of carbonyl (C=O) groups is 1. The third-order valence-electron chi connectivity index (χ3n) is 3.35. The molecule has 0 saturated carbocycles. The van der Waals surface area contributed by atoms with Crippen molar-refractivity contribution in [2.75, 3.05) is 26.7 Å². The molecule has 0 bridgehead atoms. The van der Waals surface area contributed by atoms with Gasteiger partial charge in [-0.3, -0.25) is 9.79 Å². The summed E-state index contributed by atoms with van der Waals surface area (Å²) in [5.41, 5.74) is 0.955. The molecule has 0 aromatic heterocycles. The maximum atomic E-state index is 11.8. The SMILES string of the molecule is CN=C(NCCOc1ccccc1C(C)C)NCC(=O)NC(C)(C)C.I. The number of hydrogen-bond donors (Lipinski definition) is 3. The fourth-order valence-corrected chi connectivity index (χ4v) is 2.27. The van der Waals surface area contributed by atoms with E-state index in [4.69, 9.17) is 4.74 Å². The summed E-state index contributed by atoms with van der Waals surface area (Å²) in [5, 5.41) is 9.03. The second-order valence-corrected chi connectivity index (χ2v) is 7.19. The summed E-state index contributed by atoms with van der Waals surface area (Å²) >= 11 is 0. The summed E-state index contributed by atoms with van der Waals surface area (Å²) in [6.07, 6.45) is 0. The smallest absolute Gasteiger partial charge is 0.239 e. The molecule has 26 heavy (non-hydrogen) atoms. The number of hydrogen-bond acceptors (Lipinski definition) is 3. The molecule has 1 amide bonds. The summed E-state index contributed by atoms with van der Waals surface area (Å²) < 4.78 is 5.86. The van der Waals surface area contributed by atoms with Crippen molar-refractivity contribution in [2.24, 2.45) is 4.99 Å². The first-order valence-electron chi connectivity index (χ1n) is 8.70. The molecule has 0 fully saturated rings. The van der Waals surface area contributed by atoms with Gasteiger partial charge in [0, 0.05) is 12.6 Å². The molecular formula is C19H33IN4O2. The molecule has 0 saturated heterocycles. The predicted octanol–water partition coefficient (Wildman–Crippen LogP) is 2.89. The number of nitrogens with one attached hydrogen (secondary N) is 3. The molecule has 1 rings (SSSR count). The summed E-state index contributed by atoms with van der Waals surface area (Å²) in [6.45, 7) is 11.4. The average Bonchev–Trinajstić information content (AvgIpc) is 2.52. The molecule has 3 N–H and O–H groups in total. The minimum absolute atomic E-state index is 0. The highest BCUT2D eigenvalue weighted by atomic mass is 127. The molecule has 0 aliphatic carbocycles. The molecule has 0 spiro atoms.